The van der Waals surface area contributed by atoms with Gasteiger partial charge < -0.3 is 10.7 Å². The molecule has 1 aromatic heterocycles. The summed E-state index contributed by atoms with van der Waals surface area (Å²) in [5.41, 5.74) is 4.54. The molecule has 3 rings (SSSR count). The Hall–Kier alpha value is -2.27. The highest BCUT2D eigenvalue weighted by Gasteiger charge is 2.19. The van der Waals surface area contributed by atoms with Crippen LogP contribution in [0.15, 0.2) is 30.6 Å². The molecule has 1 aromatic carbocycles. The Kier molecular flexibility index (Phi) is 5.43. The van der Waals surface area contributed by atoms with Gasteiger partial charge in [-0.05, 0) is 57.9 Å². The predicted octanol–water partition coefficient (Wildman–Crippen LogP) is 3.74. The molecule has 1 aliphatic rings. The summed E-state index contributed by atoms with van der Waals surface area (Å²) in [5.74, 6) is 0.765. The van der Waals surface area contributed by atoms with Gasteiger partial charge in [0.05, 0.1) is 0 Å². The van der Waals surface area contributed by atoms with Crippen LogP contribution < -0.4 is 5.32 Å². The Labute approximate surface area is 150 Å². The average Bonchev–Trinajstić information content (AvgIpc) is 3.01. The molecule has 1 fully saturated rings. The van der Waals surface area contributed by atoms with Gasteiger partial charge in [0.2, 0.25) is 0 Å². The Balaban J connectivity index is 1.73. The lowest BCUT2D eigenvalue weighted by Gasteiger charge is -2.22. The monoisotopic (exact) mass is 337 g/mol. The van der Waals surface area contributed by atoms with E-state index in [1.54, 1.807) is 0 Å². The zero-order valence-corrected chi connectivity index (χ0v) is 15.3. The molecule has 2 N–H and O–H groups in total. The fraction of sp³-hybridized carbons (Fsp3) is 0.450. The molecular weight excluding hydrogens is 310 g/mol. The summed E-state index contributed by atoms with van der Waals surface area (Å²) in [6.07, 6.45) is 6.28. The molecular formula is C20H27N5. The number of aryl methyl sites for hydroxylation is 1. The van der Waals surface area contributed by atoms with E-state index >= 15 is 0 Å². The van der Waals surface area contributed by atoms with E-state index < -0.39 is 0 Å². The highest BCUT2D eigenvalue weighted by molar-refractivity contribution is 6.02. The summed E-state index contributed by atoms with van der Waals surface area (Å²) in [6.45, 7) is 9.16. The van der Waals surface area contributed by atoms with Crippen LogP contribution in [-0.4, -0.2) is 46.3 Å². The molecule has 5 nitrogen and oxygen atoms in total. The van der Waals surface area contributed by atoms with Crippen LogP contribution in [-0.2, 0) is 0 Å². The van der Waals surface area contributed by atoms with Crippen LogP contribution in [0.5, 0.6) is 0 Å². The minimum atomic E-state index is 0.562. The Morgan fingerprint density at radius 3 is 2.68 bits per heavy atom. The number of aromatic nitrogens is 2. The van der Waals surface area contributed by atoms with Crippen LogP contribution in [0.25, 0.3) is 11.1 Å². The van der Waals surface area contributed by atoms with Crippen LogP contribution in [0.1, 0.15) is 38.1 Å². The Bertz CT molecular complexity index is 738. The number of rotatable bonds is 6. The van der Waals surface area contributed by atoms with Crippen molar-refractivity contribution in [2.75, 3.05) is 25.0 Å². The zero-order chi connectivity index (χ0) is 17.8. The molecule has 0 amide bonds. The molecule has 1 aliphatic heterocycles. The molecule has 2 heterocycles. The number of nitrogens with zero attached hydrogens (tertiary/aromatic N) is 3. The summed E-state index contributed by atoms with van der Waals surface area (Å²) in [4.78, 5) is 11.1. The molecule has 0 aliphatic carbocycles. The third kappa shape index (κ3) is 4.23. The van der Waals surface area contributed by atoms with Gasteiger partial charge in [0.15, 0.2) is 0 Å². The van der Waals surface area contributed by atoms with Crippen molar-refractivity contribution >= 4 is 11.4 Å². The summed E-state index contributed by atoms with van der Waals surface area (Å²) in [7, 11) is 0. The van der Waals surface area contributed by atoms with E-state index in [1.807, 2.05) is 26.2 Å². The fourth-order valence-corrected chi connectivity index (χ4v) is 3.39. The molecule has 1 unspecified atom stereocenters. The van der Waals surface area contributed by atoms with E-state index in [-0.39, 0.29) is 0 Å². The van der Waals surface area contributed by atoms with Gasteiger partial charge in [-0.2, -0.15) is 0 Å². The summed E-state index contributed by atoms with van der Waals surface area (Å²) in [6, 6.07) is 6.88. The molecule has 132 valence electrons. The standard InChI is InChI=1S/C20H27N5/c1-14-5-4-9-25(14)10-8-22-20-7-6-17(11-19(20)15(2)21)18-12-23-16(3)24-13-18/h6-7,11-14,21-22H,4-5,8-10H2,1-3H3. The average molecular weight is 337 g/mol. The van der Waals surface area contributed by atoms with Gasteiger partial charge in [-0.15, -0.1) is 0 Å². The van der Waals surface area contributed by atoms with E-state index in [0.717, 1.165) is 41.3 Å². The normalized spacial score (nSPS) is 17.6. The molecule has 2 aromatic rings. The first-order chi connectivity index (χ1) is 12.0. The summed E-state index contributed by atoms with van der Waals surface area (Å²) < 4.78 is 0. The molecule has 0 spiro atoms. The third-order valence-corrected chi connectivity index (χ3v) is 4.94. The number of likely N-dealkylation sites (tertiary alicyclic amines) is 1. The van der Waals surface area contributed by atoms with Crippen molar-refractivity contribution in [3.63, 3.8) is 0 Å². The van der Waals surface area contributed by atoms with Gasteiger partial charge in [-0.1, -0.05) is 6.07 Å². The molecule has 0 radical (unpaired) electrons. The van der Waals surface area contributed by atoms with E-state index in [1.165, 1.54) is 19.4 Å². The van der Waals surface area contributed by atoms with E-state index in [0.29, 0.717) is 11.8 Å². The smallest absolute Gasteiger partial charge is 0.125 e. The van der Waals surface area contributed by atoms with Crippen molar-refractivity contribution in [3.8, 4) is 11.1 Å². The molecule has 1 atom stereocenters. The SMILES string of the molecule is CC(=N)c1cc(-c2cnc(C)nc2)ccc1NCCN1CCCC1C. The highest BCUT2D eigenvalue weighted by atomic mass is 15.2. The highest BCUT2D eigenvalue weighted by Crippen LogP contribution is 2.25. The van der Waals surface area contributed by atoms with Crippen LogP contribution in [0.3, 0.4) is 0 Å². The van der Waals surface area contributed by atoms with Crippen LogP contribution in [0, 0.1) is 12.3 Å². The fourth-order valence-electron chi connectivity index (χ4n) is 3.39. The zero-order valence-electron chi connectivity index (χ0n) is 15.3. The largest absolute Gasteiger partial charge is 0.383 e. The first kappa shape index (κ1) is 17.5. The predicted molar refractivity (Wildman–Crippen MR) is 103 cm³/mol. The molecule has 25 heavy (non-hydrogen) atoms. The van der Waals surface area contributed by atoms with Crippen molar-refractivity contribution in [3.05, 3.63) is 42.0 Å². The maximum absolute atomic E-state index is 8.12. The van der Waals surface area contributed by atoms with Crippen molar-refractivity contribution in [1.82, 2.24) is 14.9 Å². The van der Waals surface area contributed by atoms with Gasteiger partial charge in [-0.25, -0.2) is 9.97 Å². The second kappa shape index (κ2) is 7.74. The first-order valence-corrected chi connectivity index (χ1v) is 9.01. The molecule has 1 saturated heterocycles. The minimum Gasteiger partial charge on any atom is -0.383 e. The van der Waals surface area contributed by atoms with Gasteiger partial charge in [0.25, 0.3) is 0 Å². The minimum absolute atomic E-state index is 0.562. The van der Waals surface area contributed by atoms with Crippen molar-refractivity contribution in [1.29, 1.82) is 5.41 Å². The lowest BCUT2D eigenvalue weighted by Crippen LogP contribution is -2.31. The topological polar surface area (TPSA) is 64.9 Å². The summed E-state index contributed by atoms with van der Waals surface area (Å²) >= 11 is 0. The second-order valence-electron chi connectivity index (χ2n) is 6.86. The van der Waals surface area contributed by atoms with Crippen LogP contribution in [0.2, 0.25) is 0 Å². The maximum atomic E-state index is 8.12. The number of anilines is 1. The summed E-state index contributed by atoms with van der Waals surface area (Å²) in [5, 5.41) is 11.6. The van der Waals surface area contributed by atoms with Crippen molar-refractivity contribution < 1.29 is 0 Å². The quantitative estimate of drug-likeness (QED) is 0.788. The number of benzene rings is 1. The third-order valence-electron chi connectivity index (χ3n) is 4.94. The van der Waals surface area contributed by atoms with Gasteiger partial charge in [0.1, 0.15) is 5.82 Å². The first-order valence-electron chi connectivity index (χ1n) is 9.01. The van der Waals surface area contributed by atoms with Crippen LogP contribution in [0.4, 0.5) is 5.69 Å². The van der Waals surface area contributed by atoms with Gasteiger partial charge >= 0.3 is 0 Å². The van der Waals surface area contributed by atoms with Crippen molar-refractivity contribution in [2.45, 2.75) is 39.7 Å². The van der Waals surface area contributed by atoms with E-state index in [9.17, 15) is 0 Å². The number of nitrogens with one attached hydrogen (secondary N) is 2. The molecule has 5 heteroatoms. The van der Waals surface area contributed by atoms with Crippen LogP contribution >= 0.6 is 0 Å². The van der Waals surface area contributed by atoms with Crippen molar-refractivity contribution in [2.24, 2.45) is 0 Å². The van der Waals surface area contributed by atoms with Gasteiger partial charge in [-0.3, -0.25) is 4.90 Å². The second-order valence-corrected chi connectivity index (χ2v) is 6.86. The number of hydrogen-bond donors (Lipinski definition) is 2. The van der Waals surface area contributed by atoms with Gasteiger partial charge in [0, 0.05) is 54.1 Å². The lowest BCUT2D eigenvalue weighted by atomic mass is 10.0. The lowest BCUT2D eigenvalue weighted by molar-refractivity contribution is 0.279. The molecule has 0 saturated carbocycles. The maximum Gasteiger partial charge on any atom is 0.125 e. The van der Waals surface area contributed by atoms with E-state index in [4.69, 9.17) is 5.41 Å². The number of hydrogen-bond acceptors (Lipinski definition) is 5. The molecule has 0 bridgehead atoms. The van der Waals surface area contributed by atoms with E-state index in [2.05, 4.69) is 45.3 Å². The Morgan fingerprint density at radius 2 is 2.04 bits per heavy atom. The Morgan fingerprint density at radius 1 is 1.28 bits per heavy atom.